The molecule has 1 atom stereocenters. The average Bonchev–Trinajstić information content (AvgIpc) is 2.74. The van der Waals surface area contributed by atoms with Crippen LogP contribution in [0.5, 0.6) is 0 Å². The summed E-state index contributed by atoms with van der Waals surface area (Å²) in [5.74, 6) is 0.710. The fourth-order valence-electron chi connectivity index (χ4n) is 1.52. The van der Waals surface area contributed by atoms with Gasteiger partial charge in [0.2, 0.25) is 0 Å². The van der Waals surface area contributed by atoms with Crippen LogP contribution in [0.2, 0.25) is 0 Å². The molecule has 1 aromatic heterocycles. The molecule has 16 heavy (non-hydrogen) atoms. The van der Waals surface area contributed by atoms with E-state index in [2.05, 4.69) is 19.1 Å². The van der Waals surface area contributed by atoms with Crippen LogP contribution in [-0.4, -0.2) is 10.9 Å². The van der Waals surface area contributed by atoms with E-state index in [1.165, 1.54) is 9.77 Å². The molecular formula is C13H14OS2. The molecule has 0 spiro atoms. The molecule has 0 aliphatic carbocycles. The Hall–Kier alpha value is -0.770. The summed E-state index contributed by atoms with van der Waals surface area (Å²) in [7, 11) is 0. The molecule has 1 nitrogen and oxygen atoms in total. The Labute approximate surface area is 104 Å². The first kappa shape index (κ1) is 11.7. The Morgan fingerprint density at radius 2 is 2.00 bits per heavy atom. The number of aliphatic hydroxyl groups is 1. The van der Waals surface area contributed by atoms with E-state index in [1.807, 2.05) is 29.6 Å². The predicted octanol–water partition coefficient (Wildman–Crippen LogP) is 3.88. The van der Waals surface area contributed by atoms with Crippen molar-refractivity contribution in [1.29, 1.82) is 0 Å². The van der Waals surface area contributed by atoms with E-state index >= 15 is 0 Å². The summed E-state index contributed by atoms with van der Waals surface area (Å²) in [6.07, 6.45) is -0.364. The van der Waals surface area contributed by atoms with Crippen molar-refractivity contribution in [2.45, 2.75) is 17.9 Å². The van der Waals surface area contributed by atoms with Crippen LogP contribution in [0, 0.1) is 6.92 Å². The van der Waals surface area contributed by atoms with Crippen molar-refractivity contribution in [2.75, 3.05) is 5.75 Å². The highest BCUT2D eigenvalue weighted by Crippen LogP contribution is 2.28. The van der Waals surface area contributed by atoms with E-state index in [0.717, 1.165) is 5.56 Å². The molecule has 0 radical (unpaired) electrons. The Bertz CT molecular complexity index is 436. The Balaban J connectivity index is 1.94. The third-order valence-corrected chi connectivity index (χ3v) is 4.36. The van der Waals surface area contributed by atoms with E-state index in [4.69, 9.17) is 0 Å². The van der Waals surface area contributed by atoms with Gasteiger partial charge in [-0.2, -0.15) is 0 Å². The van der Waals surface area contributed by atoms with Gasteiger partial charge in [-0.3, -0.25) is 0 Å². The smallest absolute Gasteiger partial charge is 0.0894 e. The van der Waals surface area contributed by atoms with Gasteiger partial charge >= 0.3 is 0 Å². The fraction of sp³-hybridized carbons (Fsp3) is 0.231. The number of rotatable bonds is 4. The van der Waals surface area contributed by atoms with E-state index in [1.54, 1.807) is 23.1 Å². The van der Waals surface area contributed by atoms with Crippen molar-refractivity contribution in [3.63, 3.8) is 0 Å². The molecule has 0 saturated heterocycles. The summed E-state index contributed by atoms with van der Waals surface area (Å²) in [5, 5.41) is 12.1. The molecule has 1 unspecified atom stereocenters. The molecule has 2 rings (SSSR count). The fourth-order valence-corrected chi connectivity index (χ4v) is 3.16. The number of aliphatic hydroxyl groups excluding tert-OH is 1. The molecule has 0 saturated carbocycles. The molecule has 1 aromatic carbocycles. The van der Waals surface area contributed by atoms with Gasteiger partial charge in [0.05, 0.1) is 6.10 Å². The third-order valence-electron chi connectivity index (χ3n) is 2.41. The molecule has 1 heterocycles. The largest absolute Gasteiger partial charge is 0.387 e. The van der Waals surface area contributed by atoms with Gasteiger partial charge in [0.15, 0.2) is 0 Å². The molecule has 0 fully saturated rings. The molecule has 0 aliphatic heterocycles. The first-order chi connectivity index (χ1) is 7.77. The highest BCUT2D eigenvalue weighted by Gasteiger charge is 2.11. The van der Waals surface area contributed by atoms with Gasteiger partial charge in [0, 0.05) is 15.5 Å². The van der Waals surface area contributed by atoms with Gasteiger partial charge in [-0.1, -0.05) is 18.2 Å². The number of thioether (sulfide) groups is 1. The van der Waals surface area contributed by atoms with E-state index in [0.29, 0.717) is 5.75 Å². The maximum Gasteiger partial charge on any atom is 0.0894 e. The lowest BCUT2D eigenvalue weighted by atomic mass is 10.2. The van der Waals surface area contributed by atoms with Gasteiger partial charge in [-0.25, -0.2) is 0 Å². The van der Waals surface area contributed by atoms with Crippen LogP contribution in [-0.2, 0) is 0 Å². The van der Waals surface area contributed by atoms with Crippen molar-refractivity contribution < 1.29 is 5.11 Å². The normalized spacial score (nSPS) is 12.6. The number of aryl methyl sites for hydroxylation is 1. The van der Waals surface area contributed by atoms with Crippen LogP contribution in [0.1, 0.15) is 16.5 Å². The number of thiophene rings is 1. The minimum absolute atomic E-state index is 0.364. The second kappa shape index (κ2) is 5.53. The van der Waals surface area contributed by atoms with Crippen molar-refractivity contribution in [3.05, 3.63) is 52.2 Å². The summed E-state index contributed by atoms with van der Waals surface area (Å²) in [5.41, 5.74) is 1.06. The molecule has 2 aromatic rings. The number of hydrogen-bond donors (Lipinski definition) is 1. The van der Waals surface area contributed by atoms with E-state index in [-0.39, 0.29) is 6.10 Å². The Morgan fingerprint density at radius 3 is 2.62 bits per heavy atom. The second-order valence-corrected chi connectivity index (χ2v) is 5.79. The van der Waals surface area contributed by atoms with Crippen molar-refractivity contribution in [3.8, 4) is 0 Å². The summed E-state index contributed by atoms with van der Waals surface area (Å²) < 4.78 is 0. The van der Waals surface area contributed by atoms with Crippen LogP contribution in [0.15, 0.2) is 46.7 Å². The molecule has 0 bridgehead atoms. The van der Waals surface area contributed by atoms with Gasteiger partial charge in [-0.15, -0.1) is 23.1 Å². The van der Waals surface area contributed by atoms with Gasteiger partial charge in [-0.05, 0) is 36.1 Å². The van der Waals surface area contributed by atoms with Crippen LogP contribution in [0.4, 0.5) is 0 Å². The first-order valence-corrected chi connectivity index (χ1v) is 7.04. The lowest BCUT2D eigenvalue weighted by Gasteiger charge is -2.09. The van der Waals surface area contributed by atoms with Crippen molar-refractivity contribution >= 4 is 23.1 Å². The quantitative estimate of drug-likeness (QED) is 0.831. The summed E-state index contributed by atoms with van der Waals surface area (Å²) >= 11 is 3.38. The van der Waals surface area contributed by atoms with Crippen LogP contribution >= 0.6 is 23.1 Å². The van der Waals surface area contributed by atoms with Crippen LogP contribution < -0.4 is 0 Å². The minimum atomic E-state index is -0.364. The summed E-state index contributed by atoms with van der Waals surface area (Å²) in [4.78, 5) is 2.41. The second-order valence-electron chi connectivity index (χ2n) is 3.57. The maximum atomic E-state index is 10.0. The molecule has 0 amide bonds. The monoisotopic (exact) mass is 250 g/mol. The summed E-state index contributed by atoms with van der Waals surface area (Å²) in [6, 6.07) is 12.2. The SMILES string of the molecule is Cc1sccc1C(O)CSc1ccccc1. The highest BCUT2D eigenvalue weighted by molar-refractivity contribution is 7.99. The first-order valence-electron chi connectivity index (χ1n) is 5.17. The zero-order chi connectivity index (χ0) is 11.4. The molecule has 1 N–H and O–H groups in total. The predicted molar refractivity (Wildman–Crippen MR) is 71.2 cm³/mol. The molecule has 84 valence electrons. The lowest BCUT2D eigenvalue weighted by Crippen LogP contribution is -2.00. The number of benzene rings is 1. The minimum Gasteiger partial charge on any atom is -0.387 e. The number of hydrogen-bond acceptors (Lipinski definition) is 3. The van der Waals surface area contributed by atoms with Crippen LogP contribution in [0.3, 0.4) is 0 Å². The maximum absolute atomic E-state index is 10.0. The molecular weight excluding hydrogens is 236 g/mol. The van der Waals surface area contributed by atoms with Crippen LogP contribution in [0.25, 0.3) is 0 Å². The van der Waals surface area contributed by atoms with Gasteiger partial charge in [0.25, 0.3) is 0 Å². The van der Waals surface area contributed by atoms with Crippen molar-refractivity contribution in [2.24, 2.45) is 0 Å². The third kappa shape index (κ3) is 2.88. The summed E-state index contributed by atoms with van der Waals surface area (Å²) in [6.45, 7) is 2.05. The molecule has 0 aliphatic rings. The zero-order valence-corrected chi connectivity index (χ0v) is 10.7. The Kier molecular flexibility index (Phi) is 4.04. The van der Waals surface area contributed by atoms with E-state index in [9.17, 15) is 5.11 Å². The average molecular weight is 250 g/mol. The standard InChI is InChI=1S/C13H14OS2/c1-10-12(7-8-15-10)13(14)9-16-11-5-3-2-4-6-11/h2-8,13-14H,9H2,1H3. The lowest BCUT2D eigenvalue weighted by molar-refractivity contribution is 0.204. The van der Waals surface area contributed by atoms with Gasteiger partial charge in [0.1, 0.15) is 0 Å². The topological polar surface area (TPSA) is 20.2 Å². The highest BCUT2D eigenvalue weighted by atomic mass is 32.2. The van der Waals surface area contributed by atoms with Crippen molar-refractivity contribution in [1.82, 2.24) is 0 Å². The Morgan fingerprint density at radius 1 is 1.25 bits per heavy atom. The zero-order valence-electron chi connectivity index (χ0n) is 9.09. The molecule has 3 heteroatoms. The van der Waals surface area contributed by atoms with Gasteiger partial charge < -0.3 is 5.11 Å². The van der Waals surface area contributed by atoms with E-state index < -0.39 is 0 Å².